The standard InChI is InChI=1S/C18H16N2O4/c19-10-15-7-4-8-16(9-15)11-20(12-17(21)22)18(23)24-13-14-5-2-1-3-6-14/h1-9H,11-13H2,(H,21,22). The summed E-state index contributed by atoms with van der Waals surface area (Å²) >= 11 is 0. The van der Waals surface area contributed by atoms with Gasteiger partial charge >= 0.3 is 12.1 Å². The van der Waals surface area contributed by atoms with E-state index in [0.717, 1.165) is 10.5 Å². The molecule has 0 unspecified atom stereocenters. The van der Waals surface area contributed by atoms with Crippen LogP contribution in [0, 0.1) is 11.3 Å². The van der Waals surface area contributed by atoms with Gasteiger partial charge in [-0.3, -0.25) is 9.69 Å². The van der Waals surface area contributed by atoms with E-state index in [0.29, 0.717) is 11.1 Å². The predicted octanol–water partition coefficient (Wildman–Crippen LogP) is 2.78. The molecule has 1 amide bonds. The van der Waals surface area contributed by atoms with Crippen LogP contribution in [0.1, 0.15) is 16.7 Å². The molecule has 0 heterocycles. The largest absolute Gasteiger partial charge is 0.480 e. The number of nitrogens with zero attached hydrogens (tertiary/aromatic N) is 2. The van der Waals surface area contributed by atoms with Crippen molar-refractivity contribution in [2.24, 2.45) is 0 Å². The van der Waals surface area contributed by atoms with Crippen LogP contribution < -0.4 is 0 Å². The van der Waals surface area contributed by atoms with E-state index >= 15 is 0 Å². The molecule has 24 heavy (non-hydrogen) atoms. The lowest BCUT2D eigenvalue weighted by molar-refractivity contribution is -0.138. The van der Waals surface area contributed by atoms with E-state index in [4.69, 9.17) is 15.1 Å². The van der Waals surface area contributed by atoms with Crippen molar-refractivity contribution in [3.63, 3.8) is 0 Å². The van der Waals surface area contributed by atoms with Crippen LogP contribution >= 0.6 is 0 Å². The van der Waals surface area contributed by atoms with Crippen molar-refractivity contribution in [2.45, 2.75) is 13.2 Å². The Morgan fingerprint density at radius 1 is 1.08 bits per heavy atom. The minimum atomic E-state index is -1.14. The lowest BCUT2D eigenvalue weighted by Gasteiger charge is -2.20. The molecule has 0 saturated heterocycles. The quantitative estimate of drug-likeness (QED) is 0.882. The summed E-state index contributed by atoms with van der Waals surface area (Å²) in [6.07, 6.45) is -0.719. The van der Waals surface area contributed by atoms with Gasteiger partial charge in [-0.2, -0.15) is 5.26 Å². The van der Waals surface area contributed by atoms with E-state index < -0.39 is 18.6 Å². The summed E-state index contributed by atoms with van der Waals surface area (Å²) in [5.74, 6) is -1.14. The average Bonchev–Trinajstić information content (AvgIpc) is 2.60. The first-order chi connectivity index (χ1) is 11.6. The lowest BCUT2D eigenvalue weighted by atomic mass is 10.1. The molecule has 2 aromatic carbocycles. The number of nitriles is 1. The second kappa shape index (κ2) is 8.34. The molecule has 6 heteroatoms. The first-order valence-electron chi connectivity index (χ1n) is 7.25. The number of rotatable bonds is 6. The maximum absolute atomic E-state index is 12.2. The average molecular weight is 324 g/mol. The van der Waals surface area contributed by atoms with Crippen LogP contribution in [0.4, 0.5) is 4.79 Å². The topological polar surface area (TPSA) is 90.6 Å². The summed E-state index contributed by atoms with van der Waals surface area (Å²) in [4.78, 5) is 24.3. The number of carbonyl (C=O) groups excluding carboxylic acids is 1. The molecule has 0 bridgehead atoms. The second-order valence-corrected chi connectivity index (χ2v) is 5.10. The molecular weight excluding hydrogens is 308 g/mol. The number of carboxylic acids is 1. The Labute approximate surface area is 139 Å². The smallest absolute Gasteiger partial charge is 0.410 e. The van der Waals surface area contributed by atoms with Gasteiger partial charge in [-0.05, 0) is 23.3 Å². The van der Waals surface area contributed by atoms with Gasteiger partial charge in [0.2, 0.25) is 0 Å². The fourth-order valence-electron chi connectivity index (χ4n) is 2.12. The number of carbonyl (C=O) groups is 2. The molecule has 0 spiro atoms. The van der Waals surface area contributed by atoms with Crippen molar-refractivity contribution in [3.8, 4) is 6.07 Å². The van der Waals surface area contributed by atoms with Gasteiger partial charge in [0.15, 0.2) is 0 Å². The molecule has 2 rings (SSSR count). The van der Waals surface area contributed by atoms with Crippen LogP contribution in [-0.4, -0.2) is 28.6 Å². The molecule has 1 N–H and O–H groups in total. The molecule has 0 radical (unpaired) electrons. The summed E-state index contributed by atoms with van der Waals surface area (Å²) in [6, 6.07) is 17.8. The Balaban J connectivity index is 2.05. The summed E-state index contributed by atoms with van der Waals surface area (Å²) < 4.78 is 5.18. The zero-order chi connectivity index (χ0) is 17.4. The fraction of sp³-hybridized carbons (Fsp3) is 0.167. The Morgan fingerprint density at radius 3 is 2.46 bits per heavy atom. The summed E-state index contributed by atoms with van der Waals surface area (Å²) in [5, 5.41) is 17.9. The van der Waals surface area contributed by atoms with Gasteiger partial charge in [-0.25, -0.2) is 4.79 Å². The molecule has 0 saturated carbocycles. The highest BCUT2D eigenvalue weighted by Crippen LogP contribution is 2.10. The van der Waals surface area contributed by atoms with Gasteiger partial charge < -0.3 is 9.84 Å². The first-order valence-corrected chi connectivity index (χ1v) is 7.25. The Kier molecular flexibility index (Phi) is 5.92. The number of ether oxygens (including phenoxy) is 1. The van der Waals surface area contributed by atoms with Crippen molar-refractivity contribution < 1.29 is 19.4 Å². The van der Waals surface area contributed by atoms with E-state index in [2.05, 4.69) is 0 Å². The highest BCUT2D eigenvalue weighted by atomic mass is 16.6. The van der Waals surface area contributed by atoms with Crippen molar-refractivity contribution in [1.82, 2.24) is 4.90 Å². The minimum absolute atomic E-state index is 0.0510. The fourth-order valence-corrected chi connectivity index (χ4v) is 2.12. The number of aliphatic carboxylic acids is 1. The number of benzene rings is 2. The van der Waals surface area contributed by atoms with Gasteiger partial charge in [0.05, 0.1) is 11.6 Å². The van der Waals surface area contributed by atoms with E-state index in [9.17, 15) is 9.59 Å². The number of amides is 1. The van der Waals surface area contributed by atoms with Crippen LogP contribution in [0.5, 0.6) is 0 Å². The number of hydrogen-bond donors (Lipinski definition) is 1. The highest BCUT2D eigenvalue weighted by molar-refractivity contribution is 5.76. The maximum Gasteiger partial charge on any atom is 0.410 e. The predicted molar refractivity (Wildman–Crippen MR) is 85.8 cm³/mol. The number of carboxylic acid groups (broad SMARTS) is 1. The zero-order valence-electron chi connectivity index (χ0n) is 12.9. The summed E-state index contributed by atoms with van der Waals surface area (Å²) in [5.41, 5.74) is 1.92. The molecule has 0 fully saturated rings. The normalized spacial score (nSPS) is 9.79. The Morgan fingerprint density at radius 2 is 1.79 bits per heavy atom. The maximum atomic E-state index is 12.2. The van der Waals surface area contributed by atoms with Crippen molar-refractivity contribution in [2.75, 3.05) is 6.54 Å². The lowest BCUT2D eigenvalue weighted by Crippen LogP contribution is -2.35. The van der Waals surface area contributed by atoms with E-state index in [-0.39, 0.29) is 13.2 Å². The van der Waals surface area contributed by atoms with Crippen LogP contribution in [-0.2, 0) is 22.7 Å². The molecule has 0 aliphatic rings. The molecule has 0 aromatic heterocycles. The molecule has 0 aliphatic carbocycles. The van der Waals surface area contributed by atoms with Crippen LogP contribution in [0.2, 0.25) is 0 Å². The second-order valence-electron chi connectivity index (χ2n) is 5.10. The van der Waals surface area contributed by atoms with E-state index in [1.165, 1.54) is 0 Å². The molecule has 2 aromatic rings. The van der Waals surface area contributed by atoms with Gasteiger partial charge in [0, 0.05) is 6.54 Å². The Hall–Kier alpha value is -3.33. The minimum Gasteiger partial charge on any atom is -0.480 e. The zero-order valence-corrected chi connectivity index (χ0v) is 12.9. The third-order valence-corrected chi connectivity index (χ3v) is 3.22. The van der Waals surface area contributed by atoms with Crippen molar-refractivity contribution in [1.29, 1.82) is 5.26 Å². The SMILES string of the molecule is N#Cc1cccc(CN(CC(=O)O)C(=O)OCc2ccccc2)c1. The van der Waals surface area contributed by atoms with Gasteiger partial charge in [0.1, 0.15) is 13.2 Å². The molecule has 6 nitrogen and oxygen atoms in total. The van der Waals surface area contributed by atoms with Crippen molar-refractivity contribution in [3.05, 3.63) is 71.3 Å². The van der Waals surface area contributed by atoms with E-state index in [1.54, 1.807) is 24.3 Å². The Bertz CT molecular complexity index is 753. The first kappa shape index (κ1) is 17.0. The van der Waals surface area contributed by atoms with Crippen LogP contribution in [0.3, 0.4) is 0 Å². The third-order valence-electron chi connectivity index (χ3n) is 3.22. The van der Waals surface area contributed by atoms with Gasteiger partial charge in [-0.15, -0.1) is 0 Å². The van der Waals surface area contributed by atoms with Crippen LogP contribution in [0.15, 0.2) is 54.6 Å². The van der Waals surface area contributed by atoms with Crippen LogP contribution in [0.25, 0.3) is 0 Å². The number of hydrogen-bond acceptors (Lipinski definition) is 4. The molecule has 0 aliphatic heterocycles. The summed E-state index contributed by atoms with van der Waals surface area (Å²) in [6.45, 7) is -0.367. The van der Waals surface area contributed by atoms with Gasteiger partial charge in [0.25, 0.3) is 0 Å². The monoisotopic (exact) mass is 324 g/mol. The molecular formula is C18H16N2O4. The van der Waals surface area contributed by atoms with Gasteiger partial charge in [-0.1, -0.05) is 42.5 Å². The van der Waals surface area contributed by atoms with Crippen molar-refractivity contribution >= 4 is 12.1 Å². The highest BCUT2D eigenvalue weighted by Gasteiger charge is 2.19. The van der Waals surface area contributed by atoms with E-state index in [1.807, 2.05) is 36.4 Å². The molecule has 0 atom stereocenters. The molecule has 122 valence electrons. The summed E-state index contributed by atoms with van der Waals surface area (Å²) in [7, 11) is 0. The third kappa shape index (κ3) is 5.14.